The molecule has 2 amide bonds. The largest absolute Gasteiger partial charge is 0.357 e. The molecule has 1 atom stereocenters. The second-order valence-corrected chi connectivity index (χ2v) is 7.29. The van der Waals surface area contributed by atoms with E-state index in [-0.39, 0.29) is 11.8 Å². The summed E-state index contributed by atoms with van der Waals surface area (Å²) >= 11 is 8.11. The van der Waals surface area contributed by atoms with E-state index in [9.17, 15) is 9.59 Å². The Morgan fingerprint density at radius 1 is 1.53 bits per heavy atom. The highest BCUT2D eigenvalue weighted by Gasteiger charge is 2.32. The standard InChI is InChI=1S/C11H13Br2N3O2S/c1-14-10(17)7-5-15-2-3-16(7)11(18)8-4-6(12)9(13)19-8/h4,7,15H,2-3,5H2,1H3,(H,14,17). The minimum Gasteiger partial charge on any atom is -0.357 e. The van der Waals surface area contributed by atoms with Gasteiger partial charge in [0.2, 0.25) is 5.91 Å². The zero-order chi connectivity index (χ0) is 14.0. The predicted molar refractivity (Wildman–Crippen MR) is 81.5 cm³/mol. The Kier molecular flexibility index (Phi) is 4.99. The van der Waals surface area contributed by atoms with Crippen molar-refractivity contribution in [3.8, 4) is 0 Å². The van der Waals surface area contributed by atoms with Crippen LogP contribution in [0.2, 0.25) is 0 Å². The Bertz CT molecular complexity index is 487. The molecule has 1 fully saturated rings. The Hall–Kier alpha value is -0.440. The highest BCUT2D eigenvalue weighted by molar-refractivity contribution is 9.13. The third-order valence-corrected chi connectivity index (χ3v) is 6.15. The molecule has 104 valence electrons. The summed E-state index contributed by atoms with van der Waals surface area (Å²) in [6, 6.07) is 1.32. The maximum absolute atomic E-state index is 12.5. The molecule has 5 nitrogen and oxygen atoms in total. The van der Waals surface area contributed by atoms with Gasteiger partial charge in [-0.25, -0.2) is 0 Å². The molecule has 2 rings (SSSR count). The van der Waals surface area contributed by atoms with Crippen molar-refractivity contribution in [2.75, 3.05) is 26.7 Å². The van der Waals surface area contributed by atoms with Crippen LogP contribution in [0, 0.1) is 0 Å². The number of hydrogen-bond donors (Lipinski definition) is 2. The molecule has 0 saturated carbocycles. The first-order chi connectivity index (χ1) is 9.04. The summed E-state index contributed by atoms with van der Waals surface area (Å²) in [4.78, 5) is 26.6. The summed E-state index contributed by atoms with van der Waals surface area (Å²) in [7, 11) is 1.58. The van der Waals surface area contributed by atoms with Crippen LogP contribution in [0.4, 0.5) is 0 Å². The zero-order valence-corrected chi connectivity index (χ0v) is 14.2. The summed E-state index contributed by atoms with van der Waals surface area (Å²) in [5, 5.41) is 5.73. The molecule has 0 bridgehead atoms. The van der Waals surface area contributed by atoms with E-state index in [1.165, 1.54) is 11.3 Å². The fourth-order valence-electron chi connectivity index (χ4n) is 1.94. The third kappa shape index (κ3) is 3.18. The lowest BCUT2D eigenvalue weighted by Gasteiger charge is -2.34. The van der Waals surface area contributed by atoms with Crippen molar-refractivity contribution in [1.82, 2.24) is 15.5 Å². The Labute approximate surface area is 132 Å². The Balaban J connectivity index is 2.22. The van der Waals surface area contributed by atoms with Crippen LogP contribution in [0.5, 0.6) is 0 Å². The van der Waals surface area contributed by atoms with Crippen LogP contribution in [0.25, 0.3) is 0 Å². The molecule has 8 heteroatoms. The molecule has 2 heterocycles. The van der Waals surface area contributed by atoms with Gasteiger partial charge in [-0.05, 0) is 37.9 Å². The van der Waals surface area contributed by atoms with Crippen molar-refractivity contribution < 1.29 is 9.59 Å². The van der Waals surface area contributed by atoms with E-state index in [2.05, 4.69) is 42.5 Å². The number of carbonyl (C=O) groups is 2. The van der Waals surface area contributed by atoms with E-state index in [1.54, 1.807) is 18.0 Å². The van der Waals surface area contributed by atoms with Crippen LogP contribution >= 0.6 is 43.2 Å². The summed E-state index contributed by atoms with van der Waals surface area (Å²) < 4.78 is 1.73. The van der Waals surface area contributed by atoms with Crippen LogP contribution in [0.15, 0.2) is 14.3 Å². The predicted octanol–water partition coefficient (Wildman–Crippen LogP) is 1.43. The zero-order valence-electron chi connectivity index (χ0n) is 10.2. The highest BCUT2D eigenvalue weighted by Crippen LogP contribution is 2.33. The molecule has 0 spiro atoms. The monoisotopic (exact) mass is 409 g/mol. The van der Waals surface area contributed by atoms with Gasteiger partial charge in [0.25, 0.3) is 5.91 Å². The van der Waals surface area contributed by atoms with Gasteiger partial charge in [-0.3, -0.25) is 9.59 Å². The van der Waals surface area contributed by atoms with Gasteiger partial charge in [-0.2, -0.15) is 0 Å². The molecule has 1 unspecified atom stereocenters. The maximum atomic E-state index is 12.5. The smallest absolute Gasteiger partial charge is 0.264 e. The van der Waals surface area contributed by atoms with Gasteiger partial charge in [0.05, 0.1) is 8.66 Å². The van der Waals surface area contributed by atoms with Crippen molar-refractivity contribution >= 4 is 55.0 Å². The van der Waals surface area contributed by atoms with Gasteiger partial charge in [-0.15, -0.1) is 11.3 Å². The first-order valence-corrected chi connectivity index (χ1v) is 8.13. The summed E-state index contributed by atoms with van der Waals surface area (Å²) in [5.74, 6) is -0.248. The van der Waals surface area contributed by atoms with E-state index in [4.69, 9.17) is 0 Å². The van der Waals surface area contributed by atoms with Crippen molar-refractivity contribution in [3.63, 3.8) is 0 Å². The SMILES string of the molecule is CNC(=O)C1CNCCN1C(=O)c1cc(Br)c(Br)s1. The first-order valence-electron chi connectivity index (χ1n) is 5.72. The molecule has 2 N–H and O–H groups in total. The molecule has 1 aromatic rings. The number of likely N-dealkylation sites (N-methyl/N-ethyl adjacent to an activating group) is 1. The molecule has 0 aromatic carbocycles. The molecule has 1 aromatic heterocycles. The van der Waals surface area contributed by atoms with E-state index < -0.39 is 6.04 Å². The number of nitrogens with one attached hydrogen (secondary N) is 2. The van der Waals surface area contributed by atoms with Crippen molar-refractivity contribution in [1.29, 1.82) is 0 Å². The second-order valence-electron chi connectivity index (χ2n) is 4.07. The molecule has 1 aliphatic rings. The third-order valence-electron chi connectivity index (χ3n) is 2.91. The van der Waals surface area contributed by atoms with Gasteiger partial charge >= 0.3 is 0 Å². The van der Waals surface area contributed by atoms with Gasteiger partial charge in [0.15, 0.2) is 0 Å². The van der Waals surface area contributed by atoms with E-state index >= 15 is 0 Å². The van der Waals surface area contributed by atoms with Crippen LogP contribution in [0.3, 0.4) is 0 Å². The van der Waals surface area contributed by atoms with Crippen molar-refractivity contribution in [3.05, 3.63) is 19.2 Å². The number of hydrogen-bond acceptors (Lipinski definition) is 4. The molecular weight excluding hydrogens is 398 g/mol. The molecule has 0 radical (unpaired) electrons. The van der Waals surface area contributed by atoms with Gasteiger partial charge < -0.3 is 15.5 Å². The van der Waals surface area contributed by atoms with E-state index in [1.807, 2.05) is 0 Å². The summed E-state index contributed by atoms with van der Waals surface area (Å²) in [5.41, 5.74) is 0. The number of nitrogens with zero attached hydrogens (tertiary/aromatic N) is 1. The molecule has 0 aliphatic carbocycles. The van der Waals surface area contributed by atoms with Gasteiger partial charge in [0, 0.05) is 31.2 Å². The van der Waals surface area contributed by atoms with Crippen molar-refractivity contribution in [2.24, 2.45) is 0 Å². The number of thiophene rings is 1. The fraction of sp³-hybridized carbons (Fsp3) is 0.455. The number of halogens is 2. The van der Waals surface area contributed by atoms with Crippen LogP contribution in [-0.4, -0.2) is 49.4 Å². The average Bonchev–Trinajstić information content (AvgIpc) is 2.77. The quantitative estimate of drug-likeness (QED) is 0.775. The minimum atomic E-state index is -0.453. The lowest BCUT2D eigenvalue weighted by Crippen LogP contribution is -2.59. The normalized spacial score (nSPS) is 19.3. The first kappa shape index (κ1) is 15.0. The average molecular weight is 411 g/mol. The lowest BCUT2D eigenvalue weighted by atomic mass is 10.1. The van der Waals surface area contributed by atoms with Gasteiger partial charge in [-0.1, -0.05) is 0 Å². The van der Waals surface area contributed by atoms with E-state index in [0.717, 1.165) is 8.26 Å². The molecule has 19 heavy (non-hydrogen) atoms. The molecule has 1 aliphatic heterocycles. The Morgan fingerprint density at radius 2 is 2.26 bits per heavy atom. The fourth-order valence-corrected chi connectivity index (χ4v) is 3.93. The number of piperazine rings is 1. The number of carbonyl (C=O) groups excluding carboxylic acids is 2. The summed E-state index contributed by atoms with van der Waals surface area (Å²) in [6.45, 7) is 1.72. The second kappa shape index (κ2) is 6.34. The number of rotatable bonds is 2. The minimum absolute atomic E-state index is 0.105. The highest BCUT2D eigenvalue weighted by atomic mass is 79.9. The van der Waals surface area contributed by atoms with Crippen molar-refractivity contribution in [2.45, 2.75) is 6.04 Å². The topological polar surface area (TPSA) is 61.4 Å². The molecule has 1 saturated heterocycles. The maximum Gasteiger partial charge on any atom is 0.264 e. The van der Waals surface area contributed by atoms with Gasteiger partial charge in [0.1, 0.15) is 6.04 Å². The number of amides is 2. The lowest BCUT2D eigenvalue weighted by molar-refractivity contribution is -0.125. The van der Waals surface area contributed by atoms with E-state index in [0.29, 0.717) is 24.5 Å². The van der Waals surface area contributed by atoms with Crippen LogP contribution in [-0.2, 0) is 4.79 Å². The van der Waals surface area contributed by atoms with Crippen LogP contribution < -0.4 is 10.6 Å². The van der Waals surface area contributed by atoms with Crippen LogP contribution in [0.1, 0.15) is 9.67 Å². The Morgan fingerprint density at radius 3 is 2.84 bits per heavy atom. The summed E-state index contributed by atoms with van der Waals surface area (Å²) in [6.07, 6.45) is 0. The molecular formula is C11H13Br2N3O2S.